The largest absolute Gasteiger partial charge is 0.495 e. The van der Waals surface area contributed by atoms with Gasteiger partial charge in [0.05, 0.1) is 19.1 Å². The number of anilines is 1. The molecule has 2 rings (SSSR count). The molecule has 0 radical (unpaired) electrons. The highest BCUT2D eigenvalue weighted by Gasteiger charge is 2.32. The summed E-state index contributed by atoms with van der Waals surface area (Å²) in [5.41, 5.74) is 0.105. The zero-order valence-electron chi connectivity index (χ0n) is 20.6. The molecule has 0 saturated carbocycles. The normalized spacial score (nSPS) is 12.6. The molecule has 0 aromatic heterocycles. The topological polar surface area (TPSA) is 96.0 Å². The number of halogens is 2. The van der Waals surface area contributed by atoms with Crippen molar-refractivity contribution >= 4 is 39.1 Å². The lowest BCUT2D eigenvalue weighted by molar-refractivity contribution is -0.140. The molecule has 0 aliphatic rings. The van der Waals surface area contributed by atoms with Crippen LogP contribution in [0, 0.1) is 5.82 Å². The molecule has 192 valence electrons. The van der Waals surface area contributed by atoms with Crippen molar-refractivity contribution in [3.8, 4) is 5.75 Å². The van der Waals surface area contributed by atoms with Gasteiger partial charge >= 0.3 is 0 Å². The van der Waals surface area contributed by atoms with E-state index in [1.54, 1.807) is 27.7 Å². The lowest BCUT2D eigenvalue weighted by Crippen LogP contribution is -2.54. The first-order valence-electron chi connectivity index (χ1n) is 10.8. The van der Waals surface area contributed by atoms with Crippen LogP contribution < -0.4 is 14.4 Å². The van der Waals surface area contributed by atoms with Gasteiger partial charge in [0.25, 0.3) is 0 Å². The lowest BCUT2D eigenvalue weighted by atomic mass is 10.1. The molecule has 0 aliphatic carbocycles. The summed E-state index contributed by atoms with van der Waals surface area (Å²) in [5, 5.41) is 3.08. The van der Waals surface area contributed by atoms with E-state index in [0.29, 0.717) is 5.56 Å². The maximum Gasteiger partial charge on any atom is 0.244 e. The molecule has 8 nitrogen and oxygen atoms in total. The molecule has 0 fully saturated rings. The molecule has 2 aromatic rings. The van der Waals surface area contributed by atoms with E-state index in [9.17, 15) is 22.4 Å². The Morgan fingerprint density at radius 3 is 2.26 bits per heavy atom. The summed E-state index contributed by atoms with van der Waals surface area (Å²) in [6.45, 7) is 6.32. The summed E-state index contributed by atoms with van der Waals surface area (Å²) in [7, 11) is -2.58. The minimum absolute atomic E-state index is 0.0396. The molecular formula is C24H31ClFN3O5S. The van der Waals surface area contributed by atoms with Gasteiger partial charge in [-0.2, -0.15) is 0 Å². The highest BCUT2D eigenvalue weighted by Crippen LogP contribution is 2.33. The standard InChI is InChI=1S/C24H31ClFN3O5S/c1-16(23(31)27-24(2,3)4)28(14-17-7-10-19(26)11-8-17)22(30)15-29(35(6,32)33)20-13-18(25)9-12-21(20)34-5/h7-13,16H,14-15H2,1-6H3,(H,27,31)/t16-/m1/s1. The van der Waals surface area contributed by atoms with Crippen LogP contribution in [0.5, 0.6) is 5.75 Å². The zero-order valence-corrected chi connectivity index (χ0v) is 22.2. The molecule has 35 heavy (non-hydrogen) atoms. The van der Waals surface area contributed by atoms with E-state index in [0.717, 1.165) is 10.6 Å². The Labute approximate surface area is 211 Å². The van der Waals surface area contributed by atoms with Gasteiger partial charge in [-0.25, -0.2) is 12.8 Å². The first-order chi connectivity index (χ1) is 16.1. The Hall–Kier alpha value is -2.85. The highest BCUT2D eigenvalue weighted by molar-refractivity contribution is 7.92. The second-order valence-corrected chi connectivity index (χ2v) is 11.5. The number of methoxy groups -OCH3 is 1. The van der Waals surface area contributed by atoms with Crippen LogP contribution in [0.1, 0.15) is 33.3 Å². The Morgan fingerprint density at radius 2 is 1.74 bits per heavy atom. The SMILES string of the molecule is COc1ccc(Cl)cc1N(CC(=O)N(Cc1ccc(F)cc1)[C@H](C)C(=O)NC(C)(C)C)S(C)(=O)=O. The number of hydrogen-bond acceptors (Lipinski definition) is 5. The van der Waals surface area contributed by atoms with Gasteiger partial charge in [-0.3, -0.25) is 13.9 Å². The van der Waals surface area contributed by atoms with E-state index in [4.69, 9.17) is 16.3 Å². The predicted molar refractivity (Wildman–Crippen MR) is 135 cm³/mol. The molecule has 0 saturated heterocycles. The first-order valence-corrected chi connectivity index (χ1v) is 13.0. The van der Waals surface area contributed by atoms with E-state index in [1.807, 2.05) is 0 Å². The Morgan fingerprint density at radius 1 is 1.14 bits per heavy atom. The van der Waals surface area contributed by atoms with Crippen molar-refractivity contribution in [2.75, 3.05) is 24.2 Å². The highest BCUT2D eigenvalue weighted by atomic mass is 35.5. The molecule has 1 N–H and O–H groups in total. The van der Waals surface area contributed by atoms with Gasteiger partial charge < -0.3 is 15.0 Å². The van der Waals surface area contributed by atoms with Gasteiger partial charge in [0, 0.05) is 17.1 Å². The second kappa shape index (κ2) is 11.3. The molecule has 1 atom stereocenters. The van der Waals surface area contributed by atoms with Crippen LogP contribution in [0.2, 0.25) is 5.02 Å². The lowest BCUT2D eigenvalue weighted by Gasteiger charge is -2.33. The average molecular weight is 528 g/mol. The Bertz CT molecular complexity index is 1170. The molecule has 0 heterocycles. The van der Waals surface area contributed by atoms with Crippen LogP contribution in [0.4, 0.5) is 10.1 Å². The molecular weight excluding hydrogens is 497 g/mol. The van der Waals surface area contributed by atoms with Gasteiger partial charge in [-0.15, -0.1) is 0 Å². The van der Waals surface area contributed by atoms with Gasteiger partial charge in [-0.05, 0) is 63.6 Å². The van der Waals surface area contributed by atoms with E-state index in [2.05, 4.69) is 5.32 Å². The fraction of sp³-hybridized carbons (Fsp3) is 0.417. The van der Waals surface area contributed by atoms with Crippen LogP contribution in [0.15, 0.2) is 42.5 Å². The molecule has 0 unspecified atom stereocenters. The number of nitrogens with one attached hydrogen (secondary N) is 1. The van der Waals surface area contributed by atoms with Crippen molar-refractivity contribution < 1.29 is 27.1 Å². The van der Waals surface area contributed by atoms with Crippen LogP contribution in [-0.2, 0) is 26.2 Å². The number of benzene rings is 2. The van der Waals surface area contributed by atoms with E-state index in [-0.39, 0.29) is 23.0 Å². The van der Waals surface area contributed by atoms with Gasteiger partial charge in [0.1, 0.15) is 24.2 Å². The van der Waals surface area contributed by atoms with E-state index < -0.39 is 45.8 Å². The van der Waals surface area contributed by atoms with Crippen LogP contribution in [0.25, 0.3) is 0 Å². The number of ether oxygens (including phenoxy) is 1. The van der Waals surface area contributed by atoms with Crippen molar-refractivity contribution in [3.05, 3.63) is 58.9 Å². The van der Waals surface area contributed by atoms with Gasteiger partial charge in [-0.1, -0.05) is 23.7 Å². The van der Waals surface area contributed by atoms with Crippen molar-refractivity contribution in [2.45, 2.75) is 45.8 Å². The van der Waals surface area contributed by atoms with Gasteiger partial charge in [0.2, 0.25) is 21.8 Å². The molecule has 0 bridgehead atoms. The number of sulfonamides is 1. The quantitative estimate of drug-likeness (QED) is 0.537. The number of nitrogens with zero attached hydrogens (tertiary/aromatic N) is 2. The Kier molecular flexibility index (Phi) is 9.13. The van der Waals surface area contributed by atoms with Gasteiger partial charge in [0.15, 0.2) is 0 Å². The number of rotatable bonds is 9. The van der Waals surface area contributed by atoms with Crippen molar-refractivity contribution in [1.29, 1.82) is 0 Å². The minimum atomic E-state index is -3.95. The fourth-order valence-corrected chi connectivity index (χ4v) is 4.31. The molecule has 2 aromatic carbocycles. The summed E-state index contributed by atoms with van der Waals surface area (Å²) < 4.78 is 45.0. The van der Waals surface area contributed by atoms with Crippen LogP contribution >= 0.6 is 11.6 Å². The summed E-state index contributed by atoms with van der Waals surface area (Å²) in [4.78, 5) is 27.7. The summed E-state index contributed by atoms with van der Waals surface area (Å²) in [5.74, 6) is -1.30. The number of hydrogen-bond donors (Lipinski definition) is 1. The molecule has 2 amide bonds. The van der Waals surface area contributed by atoms with Crippen molar-refractivity contribution in [1.82, 2.24) is 10.2 Å². The molecule has 11 heteroatoms. The van der Waals surface area contributed by atoms with Crippen LogP contribution in [-0.4, -0.2) is 56.6 Å². The van der Waals surface area contributed by atoms with Crippen molar-refractivity contribution in [3.63, 3.8) is 0 Å². The predicted octanol–water partition coefficient (Wildman–Crippen LogP) is 3.59. The second-order valence-electron chi connectivity index (χ2n) is 9.15. The number of amides is 2. The fourth-order valence-electron chi connectivity index (χ4n) is 3.30. The van der Waals surface area contributed by atoms with E-state index >= 15 is 0 Å². The van der Waals surface area contributed by atoms with Crippen LogP contribution in [0.3, 0.4) is 0 Å². The Balaban J connectivity index is 2.47. The third-order valence-corrected chi connectivity index (χ3v) is 6.38. The molecule has 0 aliphatic heterocycles. The van der Waals surface area contributed by atoms with Crippen molar-refractivity contribution in [2.24, 2.45) is 0 Å². The maximum absolute atomic E-state index is 13.5. The maximum atomic E-state index is 13.5. The number of carbonyl (C=O) groups excluding carboxylic acids is 2. The third kappa shape index (κ3) is 8.10. The summed E-state index contributed by atoms with van der Waals surface area (Å²) in [6.07, 6.45) is 0.959. The first kappa shape index (κ1) is 28.4. The average Bonchev–Trinajstić information content (AvgIpc) is 2.74. The summed E-state index contributed by atoms with van der Waals surface area (Å²) in [6, 6.07) is 8.96. The van der Waals surface area contributed by atoms with E-state index in [1.165, 1.54) is 54.5 Å². The third-order valence-electron chi connectivity index (χ3n) is 5.02. The summed E-state index contributed by atoms with van der Waals surface area (Å²) >= 11 is 6.08. The zero-order chi connectivity index (χ0) is 26.6. The number of carbonyl (C=O) groups is 2. The monoisotopic (exact) mass is 527 g/mol. The minimum Gasteiger partial charge on any atom is -0.495 e. The molecule has 0 spiro atoms. The smallest absolute Gasteiger partial charge is 0.244 e.